The molecule has 9 heteroatoms. The number of hydrogen-bond acceptors (Lipinski definition) is 6. The molecule has 0 bridgehead atoms. The second kappa shape index (κ2) is 10.8. The molecule has 35 heavy (non-hydrogen) atoms. The van der Waals surface area contributed by atoms with E-state index >= 15 is 0 Å². The molecule has 0 unspecified atom stereocenters. The number of rotatable bonds is 9. The van der Waals surface area contributed by atoms with E-state index in [1.807, 2.05) is 69.3 Å². The maximum Gasteiger partial charge on any atom is 0.280 e. The number of carbonyl (C=O) groups is 1. The third-order valence-electron chi connectivity index (χ3n) is 5.72. The van der Waals surface area contributed by atoms with Crippen LogP contribution in [-0.2, 0) is 24.4 Å². The number of methoxy groups -OCH3 is 1. The van der Waals surface area contributed by atoms with Gasteiger partial charge < -0.3 is 10.1 Å². The minimum Gasteiger partial charge on any atom is -0.497 e. The second-order valence-corrected chi connectivity index (χ2v) is 9.23. The summed E-state index contributed by atoms with van der Waals surface area (Å²) in [5.41, 5.74) is 4.72. The molecule has 4 rings (SSSR count). The van der Waals surface area contributed by atoms with Crippen molar-refractivity contribution in [3.8, 4) is 5.75 Å². The van der Waals surface area contributed by atoms with Crippen LogP contribution in [0.4, 0.5) is 0 Å². The summed E-state index contributed by atoms with van der Waals surface area (Å²) in [5, 5.41) is 7.91. The molecule has 0 spiro atoms. The van der Waals surface area contributed by atoms with Crippen LogP contribution < -0.4 is 15.6 Å². The Morgan fingerprint density at radius 1 is 1.06 bits per heavy atom. The number of aryl methyl sites for hydroxylation is 3. The Balaban J connectivity index is 1.59. The largest absolute Gasteiger partial charge is 0.497 e. The lowest BCUT2D eigenvalue weighted by molar-refractivity contribution is -0.118. The Labute approximate surface area is 208 Å². The van der Waals surface area contributed by atoms with Gasteiger partial charge in [-0.05, 0) is 44.0 Å². The monoisotopic (exact) mass is 491 g/mol. The highest BCUT2D eigenvalue weighted by molar-refractivity contribution is 7.99. The van der Waals surface area contributed by atoms with Gasteiger partial charge in [-0.1, -0.05) is 53.7 Å². The molecule has 0 atom stereocenters. The minimum absolute atomic E-state index is 0.123. The van der Waals surface area contributed by atoms with Crippen molar-refractivity contribution in [2.45, 2.75) is 45.6 Å². The van der Waals surface area contributed by atoms with Crippen molar-refractivity contribution in [2.24, 2.45) is 0 Å². The van der Waals surface area contributed by atoms with Crippen molar-refractivity contribution in [1.82, 2.24) is 24.6 Å². The van der Waals surface area contributed by atoms with E-state index in [0.717, 1.165) is 16.9 Å². The molecule has 1 amide bonds. The quantitative estimate of drug-likeness (QED) is 0.284. The van der Waals surface area contributed by atoms with Gasteiger partial charge in [0.15, 0.2) is 10.7 Å². The second-order valence-electron chi connectivity index (χ2n) is 8.28. The van der Waals surface area contributed by atoms with Crippen molar-refractivity contribution >= 4 is 28.7 Å². The number of fused-ring (bicyclic) bond motifs is 1. The number of nitrogens with zero attached hydrogens (tertiary/aromatic N) is 4. The average molecular weight is 492 g/mol. The molecule has 2 aromatic heterocycles. The van der Waals surface area contributed by atoms with E-state index in [9.17, 15) is 9.59 Å². The first-order valence-electron chi connectivity index (χ1n) is 11.5. The Kier molecular flexibility index (Phi) is 7.55. The van der Waals surface area contributed by atoms with Crippen molar-refractivity contribution in [2.75, 3.05) is 12.9 Å². The molecule has 8 nitrogen and oxygen atoms in total. The molecule has 0 fully saturated rings. The van der Waals surface area contributed by atoms with E-state index in [-0.39, 0.29) is 17.2 Å². The Morgan fingerprint density at radius 2 is 1.74 bits per heavy atom. The van der Waals surface area contributed by atoms with Gasteiger partial charge in [-0.2, -0.15) is 5.10 Å². The maximum atomic E-state index is 13.6. The summed E-state index contributed by atoms with van der Waals surface area (Å²) in [7, 11) is 1.62. The summed E-state index contributed by atoms with van der Waals surface area (Å²) in [6.45, 7) is 7.16. The van der Waals surface area contributed by atoms with Gasteiger partial charge in [-0.25, -0.2) is 4.98 Å². The van der Waals surface area contributed by atoms with E-state index in [4.69, 9.17) is 9.72 Å². The third kappa shape index (κ3) is 5.57. The number of nitrogens with one attached hydrogen (secondary N) is 1. The average Bonchev–Trinajstić information content (AvgIpc) is 3.20. The third-order valence-corrected chi connectivity index (χ3v) is 6.70. The number of benzene rings is 2. The first-order chi connectivity index (χ1) is 16.9. The van der Waals surface area contributed by atoms with E-state index in [2.05, 4.69) is 10.4 Å². The topological polar surface area (TPSA) is 91.0 Å². The van der Waals surface area contributed by atoms with Crippen LogP contribution in [0.3, 0.4) is 0 Å². The van der Waals surface area contributed by atoms with Crippen LogP contribution in [0.1, 0.15) is 29.3 Å². The van der Waals surface area contributed by atoms with E-state index < -0.39 is 0 Å². The van der Waals surface area contributed by atoms with Gasteiger partial charge >= 0.3 is 0 Å². The first-order valence-corrected chi connectivity index (χ1v) is 12.4. The zero-order valence-corrected chi connectivity index (χ0v) is 21.2. The lowest BCUT2D eigenvalue weighted by Gasteiger charge is -2.13. The lowest BCUT2D eigenvalue weighted by atomic mass is 10.1. The Bertz CT molecular complexity index is 1390. The first kappa shape index (κ1) is 24.5. The van der Waals surface area contributed by atoms with E-state index in [0.29, 0.717) is 41.5 Å². The van der Waals surface area contributed by atoms with Crippen LogP contribution in [0.2, 0.25) is 0 Å². The van der Waals surface area contributed by atoms with Gasteiger partial charge in [0, 0.05) is 13.1 Å². The van der Waals surface area contributed by atoms with Gasteiger partial charge in [0.25, 0.3) is 5.56 Å². The van der Waals surface area contributed by atoms with Crippen LogP contribution in [0.15, 0.2) is 58.5 Å². The molecular formula is C26H29N5O3S. The predicted octanol–water partition coefficient (Wildman–Crippen LogP) is 3.70. The number of thioether (sulfide) groups is 1. The fraction of sp³-hybridized carbons (Fsp3) is 0.308. The Hall–Kier alpha value is -3.59. The molecule has 2 heterocycles. The zero-order valence-electron chi connectivity index (χ0n) is 20.4. The highest BCUT2D eigenvalue weighted by Gasteiger charge is 2.19. The summed E-state index contributed by atoms with van der Waals surface area (Å²) < 4.78 is 8.55. The van der Waals surface area contributed by atoms with Crippen molar-refractivity contribution in [3.05, 3.63) is 81.3 Å². The molecule has 2 aromatic carbocycles. The number of carbonyl (C=O) groups excluding carboxylic acids is 1. The fourth-order valence-corrected chi connectivity index (χ4v) is 4.59. The van der Waals surface area contributed by atoms with Gasteiger partial charge in [0.2, 0.25) is 5.91 Å². The van der Waals surface area contributed by atoms with Crippen LogP contribution in [0.5, 0.6) is 5.75 Å². The van der Waals surface area contributed by atoms with Gasteiger partial charge in [-0.15, -0.1) is 0 Å². The lowest BCUT2D eigenvalue weighted by Crippen LogP contribution is -2.27. The molecule has 182 valence electrons. The van der Waals surface area contributed by atoms with Crippen LogP contribution >= 0.6 is 11.8 Å². The molecular weight excluding hydrogens is 462 g/mol. The molecule has 4 aromatic rings. The van der Waals surface area contributed by atoms with Crippen molar-refractivity contribution in [3.63, 3.8) is 0 Å². The van der Waals surface area contributed by atoms with Crippen molar-refractivity contribution < 1.29 is 9.53 Å². The normalized spacial score (nSPS) is 11.1. The van der Waals surface area contributed by atoms with Crippen LogP contribution in [0.25, 0.3) is 11.0 Å². The number of aromatic nitrogens is 4. The smallest absolute Gasteiger partial charge is 0.280 e. The molecule has 0 radical (unpaired) electrons. The van der Waals surface area contributed by atoms with Crippen molar-refractivity contribution in [1.29, 1.82) is 0 Å². The molecule has 0 saturated heterocycles. The van der Waals surface area contributed by atoms with E-state index in [1.54, 1.807) is 16.4 Å². The molecule has 0 aliphatic carbocycles. The highest BCUT2D eigenvalue weighted by Crippen LogP contribution is 2.21. The summed E-state index contributed by atoms with van der Waals surface area (Å²) in [5.74, 6) is 0.768. The Morgan fingerprint density at radius 3 is 2.40 bits per heavy atom. The molecule has 0 saturated carbocycles. The van der Waals surface area contributed by atoms with Crippen LogP contribution in [0, 0.1) is 13.8 Å². The van der Waals surface area contributed by atoms with Gasteiger partial charge in [-0.3, -0.25) is 18.8 Å². The SMILES string of the molecule is CCn1nc(C)c2nc(SCC(=O)NCc3ccc(C)cc3)n(Cc3ccc(OC)cc3)c(=O)c21. The summed E-state index contributed by atoms with van der Waals surface area (Å²) in [6.07, 6.45) is 0. The number of amides is 1. The molecule has 0 aliphatic rings. The van der Waals surface area contributed by atoms with Crippen LogP contribution in [-0.4, -0.2) is 38.1 Å². The molecule has 1 N–H and O–H groups in total. The summed E-state index contributed by atoms with van der Waals surface area (Å²) >= 11 is 1.25. The fourth-order valence-electron chi connectivity index (χ4n) is 3.77. The predicted molar refractivity (Wildman–Crippen MR) is 138 cm³/mol. The zero-order chi connectivity index (χ0) is 24.9. The summed E-state index contributed by atoms with van der Waals surface area (Å²) in [6, 6.07) is 15.6. The molecule has 0 aliphatic heterocycles. The standard InChI is InChI=1S/C26H29N5O3S/c1-5-31-24-23(18(3)29-31)28-26(30(25(24)33)15-20-10-12-21(34-4)13-11-20)35-16-22(32)27-14-19-8-6-17(2)7-9-19/h6-13H,5,14-16H2,1-4H3,(H,27,32). The van der Waals surface area contributed by atoms with Gasteiger partial charge in [0.1, 0.15) is 11.3 Å². The number of ether oxygens (including phenoxy) is 1. The summed E-state index contributed by atoms with van der Waals surface area (Å²) in [4.78, 5) is 30.9. The highest BCUT2D eigenvalue weighted by atomic mass is 32.2. The maximum absolute atomic E-state index is 13.6. The van der Waals surface area contributed by atoms with E-state index in [1.165, 1.54) is 17.3 Å². The number of hydrogen-bond donors (Lipinski definition) is 1. The van der Waals surface area contributed by atoms with Gasteiger partial charge in [0.05, 0.1) is 25.1 Å². The minimum atomic E-state index is -0.171.